The molecule has 1 aromatic carbocycles. The molecule has 78 valence electrons. The highest BCUT2D eigenvalue weighted by Crippen LogP contribution is 2.31. The number of hydrogen-bond donors (Lipinski definition) is 1. The Kier molecular flexibility index (Phi) is 3.72. The zero-order chi connectivity index (χ0) is 10.7. The summed E-state index contributed by atoms with van der Waals surface area (Å²) in [7, 11) is 1.42. The second kappa shape index (κ2) is 4.62. The van der Waals surface area contributed by atoms with Crippen molar-refractivity contribution in [1.82, 2.24) is 0 Å². The molecule has 0 heterocycles. The van der Waals surface area contributed by atoms with Crippen molar-refractivity contribution in [2.24, 2.45) is 0 Å². The van der Waals surface area contributed by atoms with Gasteiger partial charge in [-0.2, -0.15) is 0 Å². The summed E-state index contributed by atoms with van der Waals surface area (Å²) in [5.74, 6) is -0.362. The summed E-state index contributed by atoms with van der Waals surface area (Å²) < 4.78 is 18.1. The first kappa shape index (κ1) is 11.3. The molecule has 0 fully saturated rings. The second-order valence-corrected chi connectivity index (χ2v) is 3.48. The predicted molar refractivity (Wildman–Crippen MR) is 53.5 cm³/mol. The summed E-state index contributed by atoms with van der Waals surface area (Å²) in [5.41, 5.74) is 0.672. The fraction of sp³-hybridized carbons (Fsp3) is 0.400. The van der Waals surface area contributed by atoms with Crippen LogP contribution in [0.25, 0.3) is 0 Å². The summed E-state index contributed by atoms with van der Waals surface area (Å²) in [4.78, 5) is 0. The van der Waals surface area contributed by atoms with Crippen molar-refractivity contribution < 1.29 is 14.2 Å². The van der Waals surface area contributed by atoms with E-state index in [1.165, 1.54) is 13.2 Å². The second-order valence-electron chi connectivity index (χ2n) is 3.10. The zero-order valence-corrected chi connectivity index (χ0v) is 8.81. The number of aliphatic hydroxyl groups is 1. The molecule has 0 amide bonds. The minimum absolute atomic E-state index is 0.0265. The minimum Gasteiger partial charge on any atom is -0.495 e. The quantitative estimate of drug-likeness (QED) is 0.845. The van der Waals surface area contributed by atoms with E-state index >= 15 is 0 Å². The lowest BCUT2D eigenvalue weighted by molar-refractivity contribution is 0.272. The van der Waals surface area contributed by atoms with E-state index in [-0.39, 0.29) is 17.5 Å². The molecule has 0 aromatic heterocycles. The van der Waals surface area contributed by atoms with Crippen molar-refractivity contribution in [3.63, 3.8) is 0 Å². The summed E-state index contributed by atoms with van der Waals surface area (Å²) in [6.45, 7) is 1.76. The molecule has 1 aromatic rings. The molecule has 0 spiro atoms. The van der Waals surface area contributed by atoms with Crippen molar-refractivity contribution in [3.05, 3.63) is 28.5 Å². The van der Waals surface area contributed by atoms with E-state index in [0.717, 1.165) is 0 Å². The minimum atomic E-state index is -0.527. The standard InChI is InChI=1S/C10H12ClFO2/c1-6(5-13)7-3-8(12)10(11)9(4-7)14-2/h3-4,6,13H,5H2,1-2H3. The lowest BCUT2D eigenvalue weighted by Gasteiger charge is -2.11. The fourth-order valence-corrected chi connectivity index (χ4v) is 1.31. The Morgan fingerprint density at radius 3 is 2.71 bits per heavy atom. The van der Waals surface area contributed by atoms with Gasteiger partial charge in [0, 0.05) is 12.5 Å². The number of hydrogen-bond acceptors (Lipinski definition) is 2. The fourth-order valence-electron chi connectivity index (χ4n) is 1.12. The van der Waals surface area contributed by atoms with Gasteiger partial charge >= 0.3 is 0 Å². The topological polar surface area (TPSA) is 29.5 Å². The first-order chi connectivity index (χ1) is 6.60. The maximum Gasteiger partial charge on any atom is 0.145 e. The van der Waals surface area contributed by atoms with Gasteiger partial charge in [-0.1, -0.05) is 18.5 Å². The average molecular weight is 219 g/mol. The third-order valence-corrected chi connectivity index (χ3v) is 2.45. The molecule has 0 saturated carbocycles. The van der Waals surface area contributed by atoms with Gasteiger partial charge in [-0.25, -0.2) is 4.39 Å². The van der Waals surface area contributed by atoms with Gasteiger partial charge in [0.1, 0.15) is 16.6 Å². The van der Waals surface area contributed by atoms with E-state index < -0.39 is 5.82 Å². The molecular formula is C10H12ClFO2. The number of methoxy groups -OCH3 is 1. The van der Waals surface area contributed by atoms with Gasteiger partial charge in [0.2, 0.25) is 0 Å². The molecule has 0 bridgehead atoms. The molecule has 4 heteroatoms. The number of benzene rings is 1. The van der Waals surface area contributed by atoms with Crippen LogP contribution in [0.4, 0.5) is 4.39 Å². The molecule has 0 radical (unpaired) electrons. The zero-order valence-electron chi connectivity index (χ0n) is 8.05. The highest BCUT2D eigenvalue weighted by atomic mass is 35.5. The number of rotatable bonds is 3. The van der Waals surface area contributed by atoms with Crippen LogP contribution in [0.2, 0.25) is 5.02 Å². The van der Waals surface area contributed by atoms with E-state index in [0.29, 0.717) is 11.3 Å². The van der Waals surface area contributed by atoms with E-state index in [4.69, 9.17) is 21.4 Å². The van der Waals surface area contributed by atoms with Crippen molar-refractivity contribution in [2.45, 2.75) is 12.8 Å². The van der Waals surface area contributed by atoms with Gasteiger partial charge in [0.25, 0.3) is 0 Å². The highest BCUT2D eigenvalue weighted by Gasteiger charge is 2.12. The van der Waals surface area contributed by atoms with Crippen LogP contribution in [0, 0.1) is 5.82 Å². The van der Waals surface area contributed by atoms with Crippen LogP contribution in [0.15, 0.2) is 12.1 Å². The molecular weight excluding hydrogens is 207 g/mol. The molecule has 1 unspecified atom stereocenters. The molecule has 1 atom stereocenters. The maximum atomic E-state index is 13.2. The molecule has 1 N–H and O–H groups in total. The van der Waals surface area contributed by atoms with E-state index in [1.807, 2.05) is 0 Å². The third-order valence-electron chi connectivity index (χ3n) is 2.08. The molecule has 0 saturated heterocycles. The molecule has 0 aliphatic rings. The van der Waals surface area contributed by atoms with Crippen LogP contribution in [0.1, 0.15) is 18.4 Å². The molecule has 0 aliphatic heterocycles. The van der Waals surface area contributed by atoms with Crippen molar-refractivity contribution in [3.8, 4) is 5.75 Å². The summed E-state index contributed by atoms with van der Waals surface area (Å²) in [6.07, 6.45) is 0. The first-order valence-electron chi connectivity index (χ1n) is 4.24. The lowest BCUT2D eigenvalue weighted by atomic mass is 10.0. The Balaban J connectivity index is 3.16. The number of halogens is 2. The van der Waals surface area contributed by atoms with Gasteiger partial charge in [0.05, 0.1) is 7.11 Å². The van der Waals surface area contributed by atoms with E-state index in [2.05, 4.69) is 0 Å². The van der Waals surface area contributed by atoms with E-state index in [1.54, 1.807) is 13.0 Å². The van der Waals surface area contributed by atoms with E-state index in [9.17, 15) is 4.39 Å². The van der Waals surface area contributed by atoms with Crippen LogP contribution < -0.4 is 4.74 Å². The van der Waals surface area contributed by atoms with Crippen molar-refractivity contribution >= 4 is 11.6 Å². The van der Waals surface area contributed by atoms with Crippen LogP contribution >= 0.6 is 11.6 Å². The van der Waals surface area contributed by atoms with Crippen molar-refractivity contribution in [2.75, 3.05) is 13.7 Å². The largest absolute Gasteiger partial charge is 0.495 e. The molecule has 14 heavy (non-hydrogen) atoms. The monoisotopic (exact) mass is 218 g/mol. The Bertz CT molecular complexity index is 328. The SMILES string of the molecule is COc1cc(C(C)CO)cc(F)c1Cl. The van der Waals surface area contributed by atoms with Crippen LogP contribution in [0.5, 0.6) is 5.75 Å². The lowest BCUT2D eigenvalue weighted by Crippen LogP contribution is -2.00. The van der Waals surface area contributed by atoms with Gasteiger partial charge in [-0.3, -0.25) is 0 Å². The van der Waals surface area contributed by atoms with Crippen LogP contribution in [-0.2, 0) is 0 Å². The van der Waals surface area contributed by atoms with Crippen LogP contribution in [-0.4, -0.2) is 18.8 Å². The Hall–Kier alpha value is -0.800. The summed E-state index contributed by atoms with van der Waals surface area (Å²) in [6, 6.07) is 2.94. The van der Waals surface area contributed by atoms with Gasteiger partial charge in [0.15, 0.2) is 0 Å². The normalized spacial score (nSPS) is 12.6. The molecule has 2 nitrogen and oxygen atoms in total. The number of ether oxygens (including phenoxy) is 1. The highest BCUT2D eigenvalue weighted by molar-refractivity contribution is 6.32. The Labute approximate surface area is 87.3 Å². The van der Waals surface area contributed by atoms with Gasteiger partial charge < -0.3 is 9.84 Å². The maximum absolute atomic E-state index is 13.2. The molecule has 0 aliphatic carbocycles. The predicted octanol–water partition coefficient (Wildman–Crippen LogP) is 2.58. The third kappa shape index (κ3) is 2.16. The van der Waals surface area contributed by atoms with Gasteiger partial charge in [-0.15, -0.1) is 0 Å². The first-order valence-corrected chi connectivity index (χ1v) is 4.61. The van der Waals surface area contributed by atoms with Gasteiger partial charge in [-0.05, 0) is 17.7 Å². The smallest absolute Gasteiger partial charge is 0.145 e. The summed E-state index contributed by atoms with van der Waals surface area (Å²) in [5, 5.41) is 8.89. The number of aliphatic hydroxyl groups excluding tert-OH is 1. The Morgan fingerprint density at radius 1 is 1.57 bits per heavy atom. The summed E-state index contributed by atoms with van der Waals surface area (Å²) >= 11 is 5.65. The van der Waals surface area contributed by atoms with Crippen LogP contribution in [0.3, 0.4) is 0 Å². The Morgan fingerprint density at radius 2 is 2.21 bits per heavy atom. The average Bonchev–Trinajstić information content (AvgIpc) is 2.20. The molecule has 1 rings (SSSR count). The van der Waals surface area contributed by atoms with Crippen molar-refractivity contribution in [1.29, 1.82) is 0 Å².